The van der Waals surface area contributed by atoms with Gasteiger partial charge in [0.1, 0.15) is 11.6 Å². The molecule has 0 amide bonds. The van der Waals surface area contributed by atoms with Crippen molar-refractivity contribution in [2.45, 2.75) is 20.0 Å². The number of aromatic nitrogens is 1. The van der Waals surface area contributed by atoms with Gasteiger partial charge in [0.25, 0.3) is 0 Å². The first-order valence-corrected chi connectivity index (χ1v) is 8.76. The molecule has 3 aromatic rings. The molecule has 0 saturated heterocycles. The van der Waals surface area contributed by atoms with Crippen molar-refractivity contribution in [2.75, 3.05) is 12.0 Å². The van der Waals surface area contributed by atoms with E-state index in [1.165, 1.54) is 6.07 Å². The molecule has 2 heterocycles. The fraction of sp³-hybridized carbons (Fsp3) is 0.190. The van der Waals surface area contributed by atoms with E-state index in [1.54, 1.807) is 19.4 Å². The molecule has 1 aliphatic heterocycles. The fourth-order valence-electron chi connectivity index (χ4n) is 3.43. The lowest BCUT2D eigenvalue weighted by Gasteiger charge is -2.33. The Morgan fingerprint density at radius 1 is 1.15 bits per heavy atom. The van der Waals surface area contributed by atoms with E-state index in [0.29, 0.717) is 13.1 Å². The normalized spacial score (nSPS) is 12.5. The second-order valence-corrected chi connectivity index (χ2v) is 6.82. The number of halogens is 2. The second-order valence-electron chi connectivity index (χ2n) is 6.41. The molecule has 1 aromatic heterocycles. The SMILES string of the molecule is COc1ccc(CN2Cc3c(ccnc3C)-c3cc(F)c(Cl)cc32)cc1. The number of anilines is 1. The fourth-order valence-corrected chi connectivity index (χ4v) is 3.59. The lowest BCUT2D eigenvalue weighted by atomic mass is 9.92. The van der Waals surface area contributed by atoms with Crippen molar-refractivity contribution in [1.82, 2.24) is 4.98 Å². The van der Waals surface area contributed by atoms with Crippen LogP contribution in [0.15, 0.2) is 48.7 Å². The van der Waals surface area contributed by atoms with Crippen molar-refractivity contribution in [3.05, 3.63) is 76.3 Å². The predicted molar refractivity (Wildman–Crippen MR) is 102 cm³/mol. The summed E-state index contributed by atoms with van der Waals surface area (Å²) in [5.41, 5.74) is 6.03. The number of hydrogen-bond donors (Lipinski definition) is 0. The molecule has 0 bridgehead atoms. The summed E-state index contributed by atoms with van der Waals surface area (Å²) in [6.45, 7) is 3.38. The smallest absolute Gasteiger partial charge is 0.142 e. The van der Waals surface area contributed by atoms with Crippen LogP contribution in [0.5, 0.6) is 5.75 Å². The first-order valence-electron chi connectivity index (χ1n) is 8.38. The number of aryl methyl sites for hydroxylation is 1. The van der Waals surface area contributed by atoms with Crippen LogP contribution < -0.4 is 9.64 Å². The topological polar surface area (TPSA) is 25.4 Å². The quantitative estimate of drug-likeness (QED) is 0.620. The molecule has 2 aromatic carbocycles. The van der Waals surface area contributed by atoms with Gasteiger partial charge in [-0.2, -0.15) is 0 Å². The number of pyridine rings is 1. The Labute approximate surface area is 157 Å². The number of rotatable bonds is 3. The highest BCUT2D eigenvalue weighted by Crippen LogP contribution is 2.42. The van der Waals surface area contributed by atoms with E-state index in [2.05, 4.69) is 9.88 Å². The zero-order valence-electron chi connectivity index (χ0n) is 14.6. The zero-order valence-corrected chi connectivity index (χ0v) is 15.3. The molecule has 0 atom stereocenters. The molecule has 0 fully saturated rings. The zero-order chi connectivity index (χ0) is 18.3. The van der Waals surface area contributed by atoms with Crippen molar-refractivity contribution < 1.29 is 9.13 Å². The lowest BCUT2D eigenvalue weighted by molar-refractivity contribution is 0.414. The van der Waals surface area contributed by atoms with Crippen LogP contribution in [0.1, 0.15) is 16.8 Å². The van der Waals surface area contributed by atoms with Gasteiger partial charge in [-0.3, -0.25) is 4.98 Å². The Morgan fingerprint density at radius 2 is 1.92 bits per heavy atom. The number of hydrogen-bond acceptors (Lipinski definition) is 3. The molecule has 0 spiro atoms. The van der Waals surface area contributed by atoms with Gasteiger partial charge in [-0.1, -0.05) is 23.7 Å². The van der Waals surface area contributed by atoms with Gasteiger partial charge in [0, 0.05) is 41.8 Å². The summed E-state index contributed by atoms with van der Waals surface area (Å²) in [6, 6.07) is 13.1. The Hall–Kier alpha value is -2.59. The van der Waals surface area contributed by atoms with Crippen LogP contribution in [0, 0.1) is 12.7 Å². The first-order chi connectivity index (χ1) is 12.6. The molecule has 0 saturated carbocycles. The van der Waals surface area contributed by atoms with Gasteiger partial charge in [0.2, 0.25) is 0 Å². The molecular weight excluding hydrogens is 351 g/mol. The molecule has 132 valence electrons. The minimum Gasteiger partial charge on any atom is -0.497 e. The maximum absolute atomic E-state index is 14.2. The molecule has 0 radical (unpaired) electrons. The highest BCUT2D eigenvalue weighted by Gasteiger charge is 2.25. The van der Waals surface area contributed by atoms with Crippen LogP contribution in [-0.2, 0) is 13.1 Å². The van der Waals surface area contributed by atoms with Gasteiger partial charge in [-0.05, 0) is 48.4 Å². The third-order valence-corrected chi connectivity index (χ3v) is 5.11. The first kappa shape index (κ1) is 16.9. The van der Waals surface area contributed by atoms with Crippen molar-refractivity contribution in [1.29, 1.82) is 0 Å². The van der Waals surface area contributed by atoms with Crippen LogP contribution in [-0.4, -0.2) is 12.1 Å². The number of benzene rings is 2. The maximum atomic E-state index is 14.2. The highest BCUT2D eigenvalue weighted by atomic mass is 35.5. The third-order valence-electron chi connectivity index (χ3n) is 4.82. The van der Waals surface area contributed by atoms with Crippen LogP contribution >= 0.6 is 11.6 Å². The highest BCUT2D eigenvalue weighted by molar-refractivity contribution is 6.31. The van der Waals surface area contributed by atoms with Crippen molar-refractivity contribution in [2.24, 2.45) is 0 Å². The van der Waals surface area contributed by atoms with E-state index in [9.17, 15) is 4.39 Å². The number of nitrogens with zero attached hydrogens (tertiary/aromatic N) is 2. The van der Waals surface area contributed by atoms with Gasteiger partial charge in [-0.25, -0.2) is 4.39 Å². The Kier molecular flexibility index (Phi) is 4.29. The summed E-state index contributed by atoms with van der Waals surface area (Å²) in [5.74, 6) is 0.417. The molecule has 3 nitrogen and oxygen atoms in total. The van der Waals surface area contributed by atoms with E-state index >= 15 is 0 Å². The average Bonchev–Trinajstić information content (AvgIpc) is 2.65. The van der Waals surface area contributed by atoms with Crippen LogP contribution in [0.2, 0.25) is 5.02 Å². The molecular formula is C21H18ClFN2O. The lowest BCUT2D eigenvalue weighted by Crippen LogP contribution is -2.27. The molecule has 1 aliphatic rings. The standard InChI is InChI=1S/C21H18ClFN2O/c1-13-18-12-25(11-14-3-5-15(26-2)6-4-14)21-10-19(22)20(23)9-17(21)16(18)7-8-24-13/h3-10H,11-12H2,1-2H3. The van der Waals surface area contributed by atoms with Crippen LogP contribution in [0.25, 0.3) is 11.1 Å². The van der Waals surface area contributed by atoms with Gasteiger partial charge < -0.3 is 9.64 Å². The minimum atomic E-state index is -0.405. The van der Waals surface area contributed by atoms with E-state index in [1.807, 2.05) is 37.3 Å². The number of fused-ring (bicyclic) bond motifs is 3. The van der Waals surface area contributed by atoms with E-state index in [0.717, 1.165) is 39.4 Å². The van der Waals surface area contributed by atoms with E-state index in [4.69, 9.17) is 16.3 Å². The summed E-state index contributed by atoms with van der Waals surface area (Å²) < 4.78 is 19.4. The third kappa shape index (κ3) is 2.90. The van der Waals surface area contributed by atoms with Gasteiger partial charge in [-0.15, -0.1) is 0 Å². The maximum Gasteiger partial charge on any atom is 0.142 e. The minimum absolute atomic E-state index is 0.137. The molecule has 26 heavy (non-hydrogen) atoms. The number of methoxy groups -OCH3 is 1. The van der Waals surface area contributed by atoms with Crippen molar-refractivity contribution in [3.63, 3.8) is 0 Å². The van der Waals surface area contributed by atoms with Gasteiger partial charge in [0.15, 0.2) is 0 Å². The summed E-state index contributed by atoms with van der Waals surface area (Å²) in [7, 11) is 1.65. The Balaban J connectivity index is 1.79. The molecule has 0 N–H and O–H groups in total. The summed E-state index contributed by atoms with van der Waals surface area (Å²) >= 11 is 6.08. The predicted octanol–water partition coefficient (Wildman–Crippen LogP) is 5.38. The number of ether oxygens (including phenoxy) is 1. The average molecular weight is 369 g/mol. The molecule has 0 unspecified atom stereocenters. The summed E-state index contributed by atoms with van der Waals surface area (Å²) in [5, 5.41) is 0.137. The summed E-state index contributed by atoms with van der Waals surface area (Å²) in [6.07, 6.45) is 1.77. The Morgan fingerprint density at radius 3 is 2.65 bits per heavy atom. The molecule has 0 aliphatic carbocycles. The van der Waals surface area contributed by atoms with Crippen molar-refractivity contribution >= 4 is 17.3 Å². The summed E-state index contributed by atoms with van der Waals surface area (Å²) in [4.78, 5) is 6.61. The van der Waals surface area contributed by atoms with Gasteiger partial charge >= 0.3 is 0 Å². The molecule has 4 rings (SSSR count). The van der Waals surface area contributed by atoms with Crippen LogP contribution in [0.4, 0.5) is 10.1 Å². The van der Waals surface area contributed by atoms with Crippen LogP contribution in [0.3, 0.4) is 0 Å². The van der Waals surface area contributed by atoms with E-state index in [-0.39, 0.29) is 5.02 Å². The monoisotopic (exact) mass is 368 g/mol. The Bertz CT molecular complexity index is 972. The second kappa shape index (κ2) is 6.61. The molecule has 5 heteroatoms. The largest absolute Gasteiger partial charge is 0.497 e. The van der Waals surface area contributed by atoms with Crippen molar-refractivity contribution in [3.8, 4) is 16.9 Å². The van der Waals surface area contributed by atoms with Gasteiger partial charge in [0.05, 0.1) is 12.1 Å². The van der Waals surface area contributed by atoms with E-state index < -0.39 is 5.82 Å².